The molecule has 0 saturated heterocycles. The molecule has 0 unspecified atom stereocenters. The lowest BCUT2D eigenvalue weighted by Gasteiger charge is -1.95. The van der Waals surface area contributed by atoms with E-state index in [4.69, 9.17) is 0 Å². The van der Waals surface area contributed by atoms with Crippen LogP contribution in [0.15, 0.2) is 53.5 Å². The van der Waals surface area contributed by atoms with Crippen LogP contribution in [0.25, 0.3) is 0 Å². The lowest BCUT2D eigenvalue weighted by atomic mass is 10.2. The zero-order valence-electron chi connectivity index (χ0n) is 9.02. The Labute approximate surface area is 94.3 Å². The summed E-state index contributed by atoms with van der Waals surface area (Å²) in [7, 11) is 0. The van der Waals surface area contributed by atoms with Crippen LogP contribution in [0.4, 0.5) is 10.1 Å². The lowest BCUT2D eigenvalue weighted by Crippen LogP contribution is -1.80. The molecule has 80 valence electrons. The maximum absolute atomic E-state index is 12.6. The first-order chi connectivity index (χ1) is 7.74. The minimum Gasteiger partial charge on any atom is -0.256 e. The van der Waals surface area contributed by atoms with Crippen molar-refractivity contribution in [2.75, 3.05) is 0 Å². The smallest absolute Gasteiger partial charge is 0.123 e. The Bertz CT molecular complexity index is 436. The Morgan fingerprint density at radius 2 is 1.56 bits per heavy atom. The molecule has 2 aromatic rings. The summed E-state index contributed by atoms with van der Waals surface area (Å²) < 4.78 is 12.6. The maximum Gasteiger partial charge on any atom is 0.123 e. The molecule has 0 aromatic heterocycles. The number of nitrogens with zero attached hydrogens (tertiary/aromatic N) is 1. The molecule has 0 atom stereocenters. The molecule has 0 amide bonds. The predicted octanol–water partition coefficient (Wildman–Crippen LogP) is 3.88. The van der Waals surface area contributed by atoms with Crippen molar-refractivity contribution in [3.63, 3.8) is 0 Å². The molecule has 2 rings (SSSR count). The highest BCUT2D eigenvalue weighted by Gasteiger charge is 1.90. The van der Waals surface area contributed by atoms with Crippen molar-refractivity contribution in [1.82, 2.24) is 0 Å². The van der Waals surface area contributed by atoms with Crippen LogP contribution in [0.1, 0.15) is 11.1 Å². The summed E-state index contributed by atoms with van der Waals surface area (Å²) in [6.07, 6.45) is 1.73. The van der Waals surface area contributed by atoms with Gasteiger partial charge in [0, 0.05) is 6.21 Å². The molecule has 0 fully saturated rings. The Morgan fingerprint density at radius 3 is 2.19 bits per heavy atom. The number of benzene rings is 2. The van der Waals surface area contributed by atoms with Gasteiger partial charge in [-0.15, -0.1) is 0 Å². The van der Waals surface area contributed by atoms with Crippen LogP contribution in [0.2, 0.25) is 0 Å². The average Bonchev–Trinajstić information content (AvgIpc) is 2.30. The van der Waals surface area contributed by atoms with Crippen molar-refractivity contribution < 1.29 is 4.39 Å². The van der Waals surface area contributed by atoms with Gasteiger partial charge in [-0.05, 0) is 36.8 Å². The average molecular weight is 213 g/mol. The van der Waals surface area contributed by atoms with E-state index >= 15 is 0 Å². The van der Waals surface area contributed by atoms with Crippen LogP contribution < -0.4 is 0 Å². The van der Waals surface area contributed by atoms with Gasteiger partial charge in [-0.1, -0.05) is 29.8 Å². The summed E-state index contributed by atoms with van der Waals surface area (Å²) >= 11 is 0. The monoisotopic (exact) mass is 213 g/mol. The number of hydrogen-bond acceptors (Lipinski definition) is 1. The van der Waals surface area contributed by atoms with Crippen LogP contribution >= 0.6 is 0 Å². The van der Waals surface area contributed by atoms with Gasteiger partial charge in [-0.25, -0.2) is 4.39 Å². The molecular weight excluding hydrogens is 201 g/mol. The van der Waals surface area contributed by atoms with Crippen LogP contribution in [0.3, 0.4) is 0 Å². The Morgan fingerprint density at radius 1 is 0.938 bits per heavy atom. The molecule has 0 aliphatic carbocycles. The van der Waals surface area contributed by atoms with Gasteiger partial charge in [-0.2, -0.15) is 0 Å². The zero-order chi connectivity index (χ0) is 11.4. The van der Waals surface area contributed by atoms with Gasteiger partial charge < -0.3 is 0 Å². The van der Waals surface area contributed by atoms with Crippen molar-refractivity contribution in [1.29, 1.82) is 0 Å². The molecule has 16 heavy (non-hydrogen) atoms. The van der Waals surface area contributed by atoms with Crippen molar-refractivity contribution in [3.05, 3.63) is 65.5 Å². The topological polar surface area (TPSA) is 12.4 Å². The Balaban J connectivity index is 2.15. The largest absolute Gasteiger partial charge is 0.256 e. The molecule has 0 N–H and O–H groups in total. The van der Waals surface area contributed by atoms with Gasteiger partial charge in [0.1, 0.15) is 5.82 Å². The number of halogens is 1. The van der Waals surface area contributed by atoms with Gasteiger partial charge in [-0.3, -0.25) is 4.99 Å². The third kappa shape index (κ3) is 2.76. The summed E-state index contributed by atoms with van der Waals surface area (Å²) in [4.78, 5) is 4.30. The minimum absolute atomic E-state index is 0.229. The van der Waals surface area contributed by atoms with Crippen molar-refractivity contribution >= 4 is 11.9 Å². The van der Waals surface area contributed by atoms with Gasteiger partial charge in [0.05, 0.1) is 5.69 Å². The number of aryl methyl sites for hydroxylation is 1. The van der Waals surface area contributed by atoms with E-state index in [2.05, 4.69) is 4.99 Å². The normalized spacial score (nSPS) is 10.9. The summed E-state index contributed by atoms with van der Waals surface area (Å²) in [5, 5.41) is 0. The highest BCUT2D eigenvalue weighted by atomic mass is 19.1. The molecule has 0 heterocycles. The summed E-state index contributed by atoms with van der Waals surface area (Å²) in [6, 6.07) is 14.2. The van der Waals surface area contributed by atoms with E-state index in [1.54, 1.807) is 18.3 Å². The fourth-order valence-corrected chi connectivity index (χ4v) is 1.33. The zero-order valence-corrected chi connectivity index (χ0v) is 9.02. The van der Waals surface area contributed by atoms with Crippen LogP contribution in [-0.4, -0.2) is 6.21 Å². The first kappa shape index (κ1) is 10.6. The second kappa shape index (κ2) is 4.71. The number of rotatable bonds is 2. The summed E-state index contributed by atoms with van der Waals surface area (Å²) in [6.45, 7) is 2.04. The SMILES string of the molecule is Cc1ccc(N=Cc2ccc(F)cc2)cc1. The number of hydrogen-bond donors (Lipinski definition) is 0. The van der Waals surface area contributed by atoms with Gasteiger partial charge in [0.15, 0.2) is 0 Å². The molecule has 1 nitrogen and oxygen atoms in total. The fourth-order valence-electron chi connectivity index (χ4n) is 1.33. The van der Waals surface area contributed by atoms with E-state index in [9.17, 15) is 4.39 Å². The summed E-state index contributed by atoms with van der Waals surface area (Å²) in [5.74, 6) is -0.229. The molecular formula is C14H12FN. The van der Waals surface area contributed by atoms with E-state index in [1.807, 2.05) is 31.2 Å². The van der Waals surface area contributed by atoms with E-state index < -0.39 is 0 Å². The van der Waals surface area contributed by atoms with Crippen molar-refractivity contribution in [2.24, 2.45) is 4.99 Å². The minimum atomic E-state index is -0.229. The molecule has 0 aliphatic rings. The van der Waals surface area contributed by atoms with Gasteiger partial charge >= 0.3 is 0 Å². The summed E-state index contributed by atoms with van der Waals surface area (Å²) in [5.41, 5.74) is 3.00. The fraction of sp³-hybridized carbons (Fsp3) is 0.0714. The van der Waals surface area contributed by atoms with Crippen molar-refractivity contribution in [3.8, 4) is 0 Å². The van der Waals surface area contributed by atoms with E-state index in [1.165, 1.54) is 17.7 Å². The van der Waals surface area contributed by atoms with Crippen LogP contribution in [0, 0.1) is 12.7 Å². The maximum atomic E-state index is 12.6. The third-order valence-corrected chi connectivity index (χ3v) is 2.27. The third-order valence-electron chi connectivity index (χ3n) is 2.27. The predicted molar refractivity (Wildman–Crippen MR) is 64.8 cm³/mol. The second-order valence-electron chi connectivity index (χ2n) is 3.65. The first-order valence-corrected chi connectivity index (χ1v) is 5.10. The van der Waals surface area contributed by atoms with Gasteiger partial charge in [0.25, 0.3) is 0 Å². The lowest BCUT2D eigenvalue weighted by molar-refractivity contribution is 0.628. The van der Waals surface area contributed by atoms with Gasteiger partial charge in [0.2, 0.25) is 0 Å². The molecule has 0 bridgehead atoms. The quantitative estimate of drug-likeness (QED) is 0.671. The molecule has 2 aromatic carbocycles. The van der Waals surface area contributed by atoms with Crippen LogP contribution in [0.5, 0.6) is 0 Å². The second-order valence-corrected chi connectivity index (χ2v) is 3.65. The highest BCUT2D eigenvalue weighted by Crippen LogP contribution is 2.12. The highest BCUT2D eigenvalue weighted by molar-refractivity contribution is 5.81. The molecule has 2 heteroatoms. The Hall–Kier alpha value is -1.96. The van der Waals surface area contributed by atoms with E-state index in [-0.39, 0.29) is 5.82 Å². The van der Waals surface area contributed by atoms with Crippen LogP contribution in [-0.2, 0) is 0 Å². The molecule has 0 saturated carbocycles. The Kier molecular flexibility index (Phi) is 3.10. The molecule has 0 radical (unpaired) electrons. The molecule has 0 aliphatic heterocycles. The number of aliphatic imine (C=N–C) groups is 1. The van der Waals surface area contributed by atoms with E-state index in [0.717, 1.165) is 11.3 Å². The molecule has 0 spiro atoms. The van der Waals surface area contributed by atoms with E-state index in [0.29, 0.717) is 0 Å². The van der Waals surface area contributed by atoms with Crippen molar-refractivity contribution in [2.45, 2.75) is 6.92 Å². The standard InChI is InChI=1S/C14H12FN/c1-11-2-8-14(9-3-11)16-10-12-4-6-13(15)7-5-12/h2-10H,1H3. The first-order valence-electron chi connectivity index (χ1n) is 5.10.